The number of amides is 2. The molecule has 2 fully saturated rings. The Morgan fingerprint density at radius 3 is 2.56 bits per heavy atom. The van der Waals surface area contributed by atoms with Crippen LogP contribution >= 0.6 is 0 Å². The maximum Gasteiger partial charge on any atom is 0.317 e. The number of likely N-dealkylation sites (tertiary alicyclic amines) is 1. The van der Waals surface area contributed by atoms with Crippen LogP contribution in [0.25, 0.3) is 0 Å². The van der Waals surface area contributed by atoms with E-state index in [1.165, 1.54) is 0 Å². The highest BCUT2D eigenvalue weighted by atomic mass is 16.5. The van der Waals surface area contributed by atoms with E-state index in [1.54, 1.807) is 14.2 Å². The summed E-state index contributed by atoms with van der Waals surface area (Å²) in [5.74, 6) is 1.38. The van der Waals surface area contributed by atoms with E-state index in [2.05, 4.69) is 21.3 Å². The lowest BCUT2D eigenvalue weighted by atomic mass is 10.0. The van der Waals surface area contributed by atoms with Crippen LogP contribution in [0.3, 0.4) is 0 Å². The van der Waals surface area contributed by atoms with E-state index in [4.69, 9.17) is 14.2 Å². The lowest BCUT2D eigenvalue weighted by Gasteiger charge is -2.36. The number of carbonyl (C=O) groups is 1. The van der Waals surface area contributed by atoms with E-state index in [-0.39, 0.29) is 18.1 Å². The summed E-state index contributed by atoms with van der Waals surface area (Å²) in [6.07, 6.45) is 7.88. The van der Waals surface area contributed by atoms with Gasteiger partial charge in [-0.3, -0.25) is 9.88 Å². The van der Waals surface area contributed by atoms with E-state index in [0.717, 1.165) is 56.4 Å². The number of hydrogen-bond acceptors (Lipinski definition) is 6. The number of benzene rings is 1. The van der Waals surface area contributed by atoms with Crippen LogP contribution in [0.4, 0.5) is 4.79 Å². The van der Waals surface area contributed by atoms with Crippen molar-refractivity contribution in [2.24, 2.45) is 0 Å². The number of urea groups is 1. The third-order valence-corrected chi connectivity index (χ3v) is 6.83. The molecule has 2 aliphatic heterocycles. The van der Waals surface area contributed by atoms with Crippen LogP contribution < -0.4 is 14.8 Å². The zero-order chi connectivity index (χ0) is 23.8. The number of morpholine rings is 1. The topological polar surface area (TPSA) is 76.2 Å². The number of hydrogen-bond donors (Lipinski definition) is 1. The van der Waals surface area contributed by atoms with Gasteiger partial charge in [-0.2, -0.15) is 0 Å². The van der Waals surface area contributed by atoms with Crippen molar-refractivity contribution in [3.8, 4) is 11.5 Å². The molecule has 0 saturated carbocycles. The van der Waals surface area contributed by atoms with Gasteiger partial charge in [0.15, 0.2) is 11.5 Å². The monoisotopic (exact) mass is 468 g/mol. The zero-order valence-electron chi connectivity index (χ0n) is 20.2. The summed E-state index contributed by atoms with van der Waals surface area (Å²) < 4.78 is 16.5. The Balaban J connectivity index is 1.52. The summed E-state index contributed by atoms with van der Waals surface area (Å²) in [6.45, 7) is 4.28. The molecule has 2 saturated heterocycles. The predicted molar refractivity (Wildman–Crippen MR) is 130 cm³/mol. The van der Waals surface area contributed by atoms with E-state index >= 15 is 0 Å². The first-order chi connectivity index (χ1) is 16.7. The molecule has 184 valence electrons. The quantitative estimate of drug-likeness (QED) is 0.666. The molecule has 34 heavy (non-hydrogen) atoms. The largest absolute Gasteiger partial charge is 0.493 e. The molecule has 2 aromatic rings. The Bertz CT molecular complexity index is 920. The van der Waals surface area contributed by atoms with Crippen molar-refractivity contribution in [1.82, 2.24) is 20.1 Å². The molecule has 0 radical (unpaired) electrons. The molecule has 2 amide bonds. The number of aromatic nitrogens is 1. The molecule has 8 nitrogen and oxygen atoms in total. The second-order valence-corrected chi connectivity index (χ2v) is 8.80. The minimum Gasteiger partial charge on any atom is -0.493 e. The van der Waals surface area contributed by atoms with Crippen molar-refractivity contribution in [3.63, 3.8) is 0 Å². The molecule has 1 aromatic heterocycles. The summed E-state index contributed by atoms with van der Waals surface area (Å²) in [5.41, 5.74) is 2.23. The van der Waals surface area contributed by atoms with Crippen molar-refractivity contribution >= 4 is 6.03 Å². The minimum absolute atomic E-state index is 0.0116. The Labute approximate surface area is 202 Å². The summed E-state index contributed by atoms with van der Waals surface area (Å²) in [6, 6.07) is 10.1. The highest BCUT2D eigenvalue weighted by Gasteiger charge is 2.29. The lowest BCUT2D eigenvalue weighted by Crippen LogP contribution is -2.47. The van der Waals surface area contributed by atoms with Gasteiger partial charge in [-0.1, -0.05) is 18.9 Å². The molecule has 1 aromatic carbocycles. The average Bonchev–Trinajstić information content (AvgIpc) is 3.16. The number of nitrogens with zero attached hydrogens (tertiary/aromatic N) is 3. The first-order valence-corrected chi connectivity index (χ1v) is 12.2. The van der Waals surface area contributed by atoms with Gasteiger partial charge in [-0.05, 0) is 48.2 Å². The molecule has 2 unspecified atom stereocenters. The standard InChI is InChI=1S/C26H36N4O4/c1-32-24-8-7-21(18-25(24)33-2)23(29-14-16-34-17-15-29)19-28-26(31)30-13-5-3-4-6-22(30)20-9-11-27-12-10-20/h7-12,18,22-23H,3-6,13-17,19H2,1-2H3,(H,28,31). The maximum absolute atomic E-state index is 13.5. The number of nitrogens with one attached hydrogen (secondary N) is 1. The number of rotatable bonds is 7. The number of methoxy groups -OCH3 is 2. The Kier molecular flexibility index (Phi) is 8.60. The second-order valence-electron chi connectivity index (χ2n) is 8.80. The van der Waals surface area contributed by atoms with Crippen LogP contribution in [0.2, 0.25) is 0 Å². The number of ether oxygens (including phenoxy) is 3. The Morgan fingerprint density at radius 2 is 1.82 bits per heavy atom. The molecule has 2 atom stereocenters. The fourth-order valence-corrected chi connectivity index (χ4v) is 4.98. The third-order valence-electron chi connectivity index (χ3n) is 6.83. The van der Waals surface area contributed by atoms with Crippen molar-refractivity contribution in [1.29, 1.82) is 0 Å². The van der Waals surface area contributed by atoms with E-state index in [9.17, 15) is 4.79 Å². The van der Waals surface area contributed by atoms with Crippen LogP contribution in [0, 0.1) is 0 Å². The van der Waals surface area contributed by atoms with Crippen molar-refractivity contribution < 1.29 is 19.0 Å². The van der Waals surface area contributed by atoms with Gasteiger partial charge in [0, 0.05) is 38.6 Å². The Morgan fingerprint density at radius 1 is 1.06 bits per heavy atom. The molecule has 2 aliphatic rings. The predicted octanol–water partition coefficient (Wildman–Crippen LogP) is 3.80. The van der Waals surface area contributed by atoms with Gasteiger partial charge in [0.2, 0.25) is 0 Å². The smallest absolute Gasteiger partial charge is 0.317 e. The molecule has 0 bridgehead atoms. The molecule has 3 heterocycles. The maximum atomic E-state index is 13.5. The molecular formula is C26H36N4O4. The van der Waals surface area contributed by atoms with Gasteiger partial charge in [-0.25, -0.2) is 4.79 Å². The van der Waals surface area contributed by atoms with Crippen LogP contribution in [-0.2, 0) is 4.74 Å². The van der Waals surface area contributed by atoms with E-state index in [1.807, 2.05) is 41.6 Å². The minimum atomic E-state index is -0.0116. The average molecular weight is 469 g/mol. The fraction of sp³-hybridized carbons (Fsp3) is 0.538. The summed E-state index contributed by atoms with van der Waals surface area (Å²) in [5, 5.41) is 3.26. The number of pyridine rings is 1. The van der Waals surface area contributed by atoms with Crippen LogP contribution in [0.1, 0.15) is 48.9 Å². The highest BCUT2D eigenvalue weighted by Crippen LogP contribution is 2.33. The molecule has 0 spiro atoms. The zero-order valence-corrected chi connectivity index (χ0v) is 20.2. The molecule has 0 aliphatic carbocycles. The molecule has 4 rings (SSSR count). The van der Waals surface area contributed by atoms with Crippen molar-refractivity contribution in [2.45, 2.75) is 37.8 Å². The number of carbonyl (C=O) groups excluding carboxylic acids is 1. The van der Waals surface area contributed by atoms with Gasteiger partial charge in [-0.15, -0.1) is 0 Å². The van der Waals surface area contributed by atoms with E-state index < -0.39 is 0 Å². The van der Waals surface area contributed by atoms with E-state index in [0.29, 0.717) is 31.3 Å². The van der Waals surface area contributed by atoms with Gasteiger partial charge in [0.1, 0.15) is 0 Å². The normalized spacial score (nSPS) is 20.3. The van der Waals surface area contributed by atoms with Crippen LogP contribution in [0.15, 0.2) is 42.7 Å². The molecule has 8 heteroatoms. The van der Waals surface area contributed by atoms with Crippen LogP contribution in [-0.4, -0.2) is 74.4 Å². The van der Waals surface area contributed by atoms with Crippen LogP contribution in [0.5, 0.6) is 11.5 Å². The summed E-state index contributed by atoms with van der Waals surface area (Å²) in [4.78, 5) is 22.0. The van der Waals surface area contributed by atoms with Gasteiger partial charge < -0.3 is 24.4 Å². The fourth-order valence-electron chi connectivity index (χ4n) is 4.98. The third kappa shape index (κ3) is 5.80. The Hall–Kier alpha value is -2.84. The molecular weight excluding hydrogens is 432 g/mol. The summed E-state index contributed by atoms with van der Waals surface area (Å²) in [7, 11) is 3.28. The van der Waals surface area contributed by atoms with Gasteiger partial charge in [0.25, 0.3) is 0 Å². The first-order valence-electron chi connectivity index (χ1n) is 12.2. The van der Waals surface area contributed by atoms with Crippen molar-refractivity contribution in [3.05, 3.63) is 53.9 Å². The van der Waals surface area contributed by atoms with Gasteiger partial charge in [0.05, 0.1) is 39.5 Å². The molecule has 1 N–H and O–H groups in total. The van der Waals surface area contributed by atoms with Crippen molar-refractivity contribution in [2.75, 3.05) is 53.6 Å². The first kappa shape index (κ1) is 24.3. The lowest BCUT2D eigenvalue weighted by molar-refractivity contribution is 0.0163. The second kappa shape index (κ2) is 12.0. The highest BCUT2D eigenvalue weighted by molar-refractivity contribution is 5.75. The van der Waals surface area contributed by atoms with Gasteiger partial charge >= 0.3 is 6.03 Å². The SMILES string of the molecule is COc1ccc(C(CNC(=O)N2CCCCCC2c2ccncc2)N2CCOCC2)cc1OC. The summed E-state index contributed by atoms with van der Waals surface area (Å²) >= 11 is 0.